The van der Waals surface area contributed by atoms with Gasteiger partial charge in [-0.15, -0.1) is 17.9 Å². The van der Waals surface area contributed by atoms with Crippen LogP contribution in [0.15, 0.2) is 58.9 Å². The Bertz CT molecular complexity index is 1120. The molecule has 0 unspecified atom stereocenters. The molecule has 0 spiro atoms. The number of nitrogens with one attached hydrogen (secondary N) is 1. The number of thiazole rings is 1. The number of rotatable bonds is 5. The van der Waals surface area contributed by atoms with Gasteiger partial charge in [0.2, 0.25) is 0 Å². The highest BCUT2D eigenvalue weighted by Crippen LogP contribution is 2.30. The van der Waals surface area contributed by atoms with Gasteiger partial charge in [0.25, 0.3) is 5.91 Å². The lowest BCUT2D eigenvalue weighted by Gasteiger charge is -2.05. The normalized spacial score (nSPS) is 11.0. The van der Waals surface area contributed by atoms with Gasteiger partial charge < -0.3 is 8.98 Å². The number of hydrogen-bond donors (Lipinski definition) is 1. The van der Waals surface area contributed by atoms with Crippen molar-refractivity contribution >= 4 is 33.3 Å². The summed E-state index contributed by atoms with van der Waals surface area (Å²) in [7, 11) is 0. The number of fused-ring (bicyclic) bond motifs is 1. The molecule has 0 saturated heterocycles. The quantitative estimate of drug-likeness (QED) is 0.473. The number of hydrogen-bond acceptors (Lipinski definition) is 4. The van der Waals surface area contributed by atoms with Gasteiger partial charge in [0, 0.05) is 34.3 Å². The molecule has 0 bridgehead atoms. The Morgan fingerprint density at radius 3 is 2.93 bits per heavy atom. The van der Waals surface area contributed by atoms with E-state index in [1.807, 2.05) is 35.7 Å². The summed E-state index contributed by atoms with van der Waals surface area (Å²) in [5, 5.41) is 6.23. The molecule has 0 aliphatic carbocycles. The number of para-hydroxylation sites is 1. The zero-order chi connectivity index (χ0) is 19.0. The number of anilines is 1. The van der Waals surface area contributed by atoms with Crippen LogP contribution in [0.2, 0.25) is 0 Å². The predicted octanol–water partition coefficient (Wildman–Crippen LogP) is 5.41. The lowest BCUT2D eigenvalue weighted by atomic mass is 10.2. The smallest absolute Gasteiger partial charge is 0.293 e. The number of benzene rings is 1. The molecule has 1 N–H and O–H groups in total. The Morgan fingerprint density at radius 1 is 1.33 bits per heavy atom. The molecule has 4 aromatic rings. The van der Waals surface area contributed by atoms with Crippen LogP contribution in [-0.4, -0.2) is 15.5 Å². The lowest BCUT2D eigenvalue weighted by Crippen LogP contribution is -2.10. The molecule has 6 heteroatoms. The van der Waals surface area contributed by atoms with Gasteiger partial charge in [0.15, 0.2) is 10.9 Å². The molecule has 0 radical (unpaired) electrons. The van der Waals surface area contributed by atoms with Crippen LogP contribution in [0.1, 0.15) is 21.9 Å². The van der Waals surface area contributed by atoms with Crippen molar-refractivity contribution in [1.82, 2.24) is 9.55 Å². The number of aromatic nitrogens is 2. The minimum absolute atomic E-state index is 0.275. The highest BCUT2D eigenvalue weighted by molar-refractivity contribution is 7.14. The monoisotopic (exact) mass is 377 g/mol. The average molecular weight is 377 g/mol. The Kier molecular flexibility index (Phi) is 4.41. The zero-order valence-electron chi connectivity index (χ0n) is 15.2. The van der Waals surface area contributed by atoms with Gasteiger partial charge in [0.1, 0.15) is 5.58 Å². The van der Waals surface area contributed by atoms with Crippen molar-refractivity contribution in [2.75, 3.05) is 5.32 Å². The van der Waals surface area contributed by atoms with Gasteiger partial charge >= 0.3 is 0 Å². The first-order valence-corrected chi connectivity index (χ1v) is 9.48. The summed E-state index contributed by atoms with van der Waals surface area (Å²) in [5.74, 6) is -0.0265. The molecule has 0 aliphatic rings. The third-order valence-corrected chi connectivity index (χ3v) is 5.29. The van der Waals surface area contributed by atoms with Gasteiger partial charge in [-0.2, -0.15) is 0 Å². The summed E-state index contributed by atoms with van der Waals surface area (Å²) in [6.45, 7) is 8.71. The molecule has 0 aliphatic heterocycles. The van der Waals surface area contributed by atoms with E-state index in [0.717, 1.165) is 34.6 Å². The maximum atomic E-state index is 12.5. The zero-order valence-corrected chi connectivity index (χ0v) is 16.0. The molecule has 0 atom stereocenters. The number of allylic oxidation sites excluding steroid dienone is 1. The third kappa shape index (κ3) is 3.19. The van der Waals surface area contributed by atoms with E-state index in [1.165, 1.54) is 11.3 Å². The van der Waals surface area contributed by atoms with Crippen molar-refractivity contribution in [3.63, 3.8) is 0 Å². The van der Waals surface area contributed by atoms with Crippen LogP contribution in [0.5, 0.6) is 0 Å². The first kappa shape index (κ1) is 17.3. The predicted molar refractivity (Wildman–Crippen MR) is 109 cm³/mol. The van der Waals surface area contributed by atoms with Crippen molar-refractivity contribution in [2.24, 2.45) is 0 Å². The Balaban J connectivity index is 1.57. The van der Waals surface area contributed by atoms with Gasteiger partial charge in [0.05, 0.1) is 5.69 Å². The van der Waals surface area contributed by atoms with E-state index in [4.69, 9.17) is 4.42 Å². The van der Waals surface area contributed by atoms with Crippen molar-refractivity contribution in [3.8, 4) is 11.3 Å². The number of nitrogens with zero attached hydrogens (tertiary/aromatic N) is 2. The van der Waals surface area contributed by atoms with Gasteiger partial charge in [-0.25, -0.2) is 4.98 Å². The van der Waals surface area contributed by atoms with Crippen LogP contribution in [0, 0.1) is 13.8 Å². The fourth-order valence-electron chi connectivity index (χ4n) is 3.18. The molecular formula is C21H19N3O2S. The van der Waals surface area contributed by atoms with Crippen LogP contribution in [0.25, 0.3) is 22.2 Å². The maximum Gasteiger partial charge on any atom is 0.293 e. The second-order valence-electron chi connectivity index (χ2n) is 6.32. The van der Waals surface area contributed by atoms with Crippen LogP contribution in [-0.2, 0) is 6.54 Å². The molecule has 1 amide bonds. The molecule has 136 valence electrons. The SMILES string of the molecule is C=CCn1c(C)cc(-c2csc(NC(=O)c3cc4ccccc4o3)n2)c1C. The highest BCUT2D eigenvalue weighted by atomic mass is 32.1. The van der Waals surface area contributed by atoms with Gasteiger partial charge in [-0.05, 0) is 32.0 Å². The number of furan rings is 1. The fourth-order valence-corrected chi connectivity index (χ4v) is 3.88. The Hall–Kier alpha value is -3.12. The lowest BCUT2D eigenvalue weighted by molar-refractivity contribution is 0.0998. The van der Waals surface area contributed by atoms with Gasteiger partial charge in [-0.1, -0.05) is 24.3 Å². The number of aryl methyl sites for hydroxylation is 1. The summed E-state index contributed by atoms with van der Waals surface area (Å²) in [6, 6.07) is 11.4. The van der Waals surface area contributed by atoms with Crippen LogP contribution in [0.4, 0.5) is 5.13 Å². The van der Waals surface area contributed by atoms with E-state index in [2.05, 4.69) is 41.4 Å². The molecule has 3 heterocycles. The maximum absolute atomic E-state index is 12.5. The Morgan fingerprint density at radius 2 is 2.15 bits per heavy atom. The molecule has 27 heavy (non-hydrogen) atoms. The number of carbonyl (C=O) groups excluding carboxylic acids is 1. The summed E-state index contributed by atoms with van der Waals surface area (Å²) < 4.78 is 7.80. The van der Waals surface area contributed by atoms with E-state index in [-0.39, 0.29) is 11.7 Å². The number of amides is 1. The molecule has 4 rings (SSSR count). The van der Waals surface area contributed by atoms with Crippen molar-refractivity contribution in [1.29, 1.82) is 0 Å². The molecule has 1 aromatic carbocycles. The second-order valence-corrected chi connectivity index (χ2v) is 7.18. The van der Waals surface area contributed by atoms with E-state index >= 15 is 0 Å². The van der Waals surface area contributed by atoms with Crippen LogP contribution in [0.3, 0.4) is 0 Å². The first-order chi connectivity index (χ1) is 13.1. The van der Waals surface area contributed by atoms with E-state index < -0.39 is 0 Å². The summed E-state index contributed by atoms with van der Waals surface area (Å²) in [6.07, 6.45) is 1.88. The van der Waals surface area contributed by atoms with E-state index in [1.54, 1.807) is 6.07 Å². The fraction of sp³-hybridized carbons (Fsp3) is 0.143. The minimum atomic E-state index is -0.302. The summed E-state index contributed by atoms with van der Waals surface area (Å²) in [4.78, 5) is 17.1. The molecule has 3 aromatic heterocycles. The van der Waals surface area contributed by atoms with Crippen molar-refractivity contribution < 1.29 is 9.21 Å². The molecule has 0 saturated carbocycles. The average Bonchev–Trinajstić information content (AvgIpc) is 3.35. The summed E-state index contributed by atoms with van der Waals surface area (Å²) >= 11 is 1.40. The molecular weight excluding hydrogens is 358 g/mol. The van der Waals surface area contributed by atoms with Crippen LogP contribution < -0.4 is 5.32 Å². The van der Waals surface area contributed by atoms with Crippen LogP contribution >= 0.6 is 11.3 Å². The number of carbonyl (C=O) groups is 1. The van der Waals surface area contributed by atoms with Crippen molar-refractivity contribution in [2.45, 2.75) is 20.4 Å². The standard InChI is InChI=1S/C21H19N3O2S/c1-4-9-24-13(2)10-16(14(24)3)17-12-27-21(22-17)23-20(25)19-11-15-7-5-6-8-18(15)26-19/h4-8,10-12H,1,9H2,2-3H3,(H,22,23,25). The highest BCUT2D eigenvalue weighted by Gasteiger charge is 2.16. The second kappa shape index (κ2) is 6.89. The Labute approximate surface area is 161 Å². The molecule has 0 fully saturated rings. The summed E-state index contributed by atoms with van der Waals surface area (Å²) in [5.41, 5.74) is 4.89. The molecule has 5 nitrogen and oxygen atoms in total. The van der Waals surface area contributed by atoms with Crippen molar-refractivity contribution in [3.05, 3.63) is 71.6 Å². The third-order valence-electron chi connectivity index (χ3n) is 4.54. The topological polar surface area (TPSA) is 60.1 Å². The van der Waals surface area contributed by atoms with Gasteiger partial charge in [-0.3, -0.25) is 10.1 Å². The minimum Gasteiger partial charge on any atom is -0.451 e. The van der Waals surface area contributed by atoms with E-state index in [0.29, 0.717) is 10.7 Å². The first-order valence-electron chi connectivity index (χ1n) is 8.60. The van der Waals surface area contributed by atoms with E-state index in [9.17, 15) is 4.79 Å². The largest absolute Gasteiger partial charge is 0.451 e.